The van der Waals surface area contributed by atoms with Crippen LogP contribution in [0.4, 0.5) is 0 Å². The second kappa shape index (κ2) is 15.5. The van der Waals surface area contributed by atoms with E-state index in [1.54, 1.807) is 11.1 Å². The van der Waals surface area contributed by atoms with E-state index in [2.05, 4.69) is 12.2 Å². The molecule has 26 heavy (non-hydrogen) atoms. The van der Waals surface area contributed by atoms with Gasteiger partial charge in [0.1, 0.15) is 0 Å². The Morgan fingerprint density at radius 2 is 0.577 bits per heavy atom. The fourth-order valence-electron chi connectivity index (χ4n) is 4.73. The first-order chi connectivity index (χ1) is 13.0. The molecular weight excluding hydrogens is 312 g/mol. The quantitative estimate of drug-likeness (QED) is 0.438. The van der Waals surface area contributed by atoms with Crippen molar-refractivity contribution in [2.45, 2.75) is 141 Å². The van der Waals surface area contributed by atoms with Crippen LogP contribution in [0.25, 0.3) is 0 Å². The molecule has 150 valence electrons. The monoisotopic (exact) mass is 358 g/mol. The lowest BCUT2D eigenvalue weighted by atomic mass is 9.92. The largest absolute Gasteiger partial charge is 0.0811 e. The maximum Gasteiger partial charge on any atom is -0.0279 e. The molecule has 0 unspecified atom stereocenters. The second-order valence-corrected chi connectivity index (χ2v) is 8.90. The Labute approximate surface area is 164 Å². The molecule has 0 spiro atoms. The summed E-state index contributed by atoms with van der Waals surface area (Å²) in [5, 5.41) is 0. The number of rotatable bonds is 1. The second-order valence-electron chi connectivity index (χ2n) is 8.90. The zero-order valence-electron chi connectivity index (χ0n) is 17.7. The lowest BCUT2D eigenvalue weighted by Gasteiger charge is -2.14. The standard InChI is InChI=1S/C26H46/c1-2-6-10-14-18-22-25(21-17-13-9-5-1)26-23-19-15-11-7-3-4-8-12-16-20-24-26/h21,23H,1-20,22,24H2. The first-order valence-electron chi connectivity index (χ1n) is 12.4. The van der Waals surface area contributed by atoms with Crippen LogP contribution in [0.15, 0.2) is 23.3 Å². The summed E-state index contributed by atoms with van der Waals surface area (Å²) in [6.45, 7) is 0. The summed E-state index contributed by atoms with van der Waals surface area (Å²) in [6.07, 6.45) is 36.8. The zero-order chi connectivity index (χ0) is 18.1. The summed E-state index contributed by atoms with van der Waals surface area (Å²) in [5.41, 5.74) is 3.50. The van der Waals surface area contributed by atoms with Gasteiger partial charge in [-0.2, -0.15) is 0 Å². The minimum Gasteiger partial charge on any atom is -0.0811 e. The lowest BCUT2D eigenvalue weighted by molar-refractivity contribution is 0.562. The summed E-state index contributed by atoms with van der Waals surface area (Å²) < 4.78 is 0. The summed E-state index contributed by atoms with van der Waals surface area (Å²) in [4.78, 5) is 0. The Kier molecular flexibility index (Phi) is 13.0. The lowest BCUT2D eigenvalue weighted by Crippen LogP contribution is -1.94. The van der Waals surface area contributed by atoms with Crippen LogP contribution >= 0.6 is 0 Å². The Hall–Kier alpha value is -0.520. The van der Waals surface area contributed by atoms with Crippen LogP contribution in [0.2, 0.25) is 0 Å². The molecule has 0 aromatic carbocycles. The van der Waals surface area contributed by atoms with Crippen molar-refractivity contribution in [3.05, 3.63) is 23.3 Å². The van der Waals surface area contributed by atoms with Crippen molar-refractivity contribution in [1.82, 2.24) is 0 Å². The Morgan fingerprint density at radius 1 is 0.308 bits per heavy atom. The van der Waals surface area contributed by atoms with Crippen molar-refractivity contribution in [3.63, 3.8) is 0 Å². The highest BCUT2D eigenvalue weighted by Crippen LogP contribution is 2.27. The summed E-state index contributed by atoms with van der Waals surface area (Å²) in [6, 6.07) is 0. The number of hydrogen-bond acceptors (Lipinski definition) is 0. The highest BCUT2D eigenvalue weighted by Gasteiger charge is 2.07. The summed E-state index contributed by atoms with van der Waals surface area (Å²) in [5.74, 6) is 0. The first kappa shape index (κ1) is 21.8. The van der Waals surface area contributed by atoms with E-state index >= 15 is 0 Å². The van der Waals surface area contributed by atoms with E-state index in [0.29, 0.717) is 0 Å². The molecule has 0 saturated heterocycles. The van der Waals surface area contributed by atoms with Crippen molar-refractivity contribution < 1.29 is 0 Å². The van der Waals surface area contributed by atoms with Crippen molar-refractivity contribution in [3.8, 4) is 0 Å². The minimum atomic E-state index is 1.33. The maximum atomic E-state index is 2.65. The van der Waals surface area contributed by atoms with Gasteiger partial charge >= 0.3 is 0 Å². The van der Waals surface area contributed by atoms with Crippen LogP contribution in [-0.2, 0) is 0 Å². The Morgan fingerprint density at radius 3 is 0.923 bits per heavy atom. The zero-order valence-corrected chi connectivity index (χ0v) is 17.7. The fourth-order valence-corrected chi connectivity index (χ4v) is 4.73. The van der Waals surface area contributed by atoms with Crippen molar-refractivity contribution >= 4 is 0 Å². The van der Waals surface area contributed by atoms with Crippen LogP contribution < -0.4 is 0 Å². The highest BCUT2D eigenvalue weighted by atomic mass is 14.1. The van der Waals surface area contributed by atoms with Crippen LogP contribution in [-0.4, -0.2) is 0 Å². The predicted octanol–water partition coefficient (Wildman–Crippen LogP) is 9.45. The molecule has 0 bridgehead atoms. The number of hydrogen-bond donors (Lipinski definition) is 0. The molecular formula is C26H46. The third-order valence-electron chi connectivity index (χ3n) is 6.49. The SMILES string of the molecule is C1=C(C2=CCCCCCCCCCCC2)CCCCCCCCCCC1. The van der Waals surface area contributed by atoms with Gasteiger partial charge < -0.3 is 0 Å². The molecule has 0 saturated carbocycles. The van der Waals surface area contributed by atoms with Gasteiger partial charge in [-0.15, -0.1) is 0 Å². The summed E-state index contributed by atoms with van der Waals surface area (Å²) >= 11 is 0. The maximum absolute atomic E-state index is 2.65. The molecule has 0 nitrogen and oxygen atoms in total. The van der Waals surface area contributed by atoms with Gasteiger partial charge in [-0.05, 0) is 62.5 Å². The molecule has 0 N–H and O–H groups in total. The van der Waals surface area contributed by atoms with E-state index in [1.807, 2.05) is 0 Å². The van der Waals surface area contributed by atoms with E-state index < -0.39 is 0 Å². The Bertz CT molecular complexity index is 349. The molecule has 0 heteroatoms. The molecule has 2 aliphatic rings. The van der Waals surface area contributed by atoms with Crippen molar-refractivity contribution in [1.29, 1.82) is 0 Å². The van der Waals surface area contributed by atoms with E-state index in [-0.39, 0.29) is 0 Å². The molecule has 0 heterocycles. The molecule has 0 aromatic heterocycles. The first-order valence-corrected chi connectivity index (χ1v) is 12.4. The smallest absolute Gasteiger partial charge is 0.0279 e. The molecule has 0 aliphatic heterocycles. The van der Waals surface area contributed by atoms with Crippen LogP contribution in [0.1, 0.15) is 141 Å². The van der Waals surface area contributed by atoms with Gasteiger partial charge in [0.2, 0.25) is 0 Å². The molecule has 0 fully saturated rings. The van der Waals surface area contributed by atoms with Gasteiger partial charge in [0.15, 0.2) is 0 Å². The normalized spacial score (nSPS) is 24.3. The van der Waals surface area contributed by atoms with Gasteiger partial charge in [0.25, 0.3) is 0 Å². The highest BCUT2D eigenvalue weighted by molar-refractivity contribution is 5.31. The molecule has 0 aromatic rings. The number of allylic oxidation sites excluding steroid dienone is 4. The fraction of sp³-hybridized carbons (Fsp3) is 0.846. The molecule has 2 rings (SSSR count). The predicted molar refractivity (Wildman–Crippen MR) is 118 cm³/mol. The van der Waals surface area contributed by atoms with Gasteiger partial charge in [0.05, 0.1) is 0 Å². The van der Waals surface area contributed by atoms with E-state index in [0.717, 1.165) is 0 Å². The average molecular weight is 359 g/mol. The van der Waals surface area contributed by atoms with Crippen LogP contribution in [0.5, 0.6) is 0 Å². The molecule has 0 amide bonds. The van der Waals surface area contributed by atoms with Crippen LogP contribution in [0, 0.1) is 0 Å². The minimum absolute atomic E-state index is 1.33. The topological polar surface area (TPSA) is 0 Å². The van der Waals surface area contributed by atoms with Crippen LogP contribution in [0.3, 0.4) is 0 Å². The van der Waals surface area contributed by atoms with E-state index in [9.17, 15) is 0 Å². The van der Waals surface area contributed by atoms with Gasteiger partial charge in [-0.1, -0.05) is 102 Å². The third kappa shape index (κ3) is 10.6. The molecule has 0 atom stereocenters. The Balaban J connectivity index is 1.95. The van der Waals surface area contributed by atoms with Crippen molar-refractivity contribution in [2.24, 2.45) is 0 Å². The van der Waals surface area contributed by atoms with E-state index in [1.165, 1.54) is 141 Å². The summed E-state index contributed by atoms with van der Waals surface area (Å²) in [7, 11) is 0. The molecule has 0 radical (unpaired) electrons. The average Bonchev–Trinajstić information content (AvgIpc) is 2.70. The van der Waals surface area contributed by atoms with E-state index in [4.69, 9.17) is 0 Å². The van der Waals surface area contributed by atoms with Gasteiger partial charge in [0, 0.05) is 0 Å². The van der Waals surface area contributed by atoms with Crippen molar-refractivity contribution in [2.75, 3.05) is 0 Å². The van der Waals surface area contributed by atoms with Gasteiger partial charge in [-0.25, -0.2) is 0 Å². The molecule has 2 aliphatic carbocycles. The third-order valence-corrected chi connectivity index (χ3v) is 6.49. The van der Waals surface area contributed by atoms with Gasteiger partial charge in [-0.3, -0.25) is 0 Å².